The summed E-state index contributed by atoms with van der Waals surface area (Å²) in [7, 11) is 0. The monoisotopic (exact) mass is 760 g/mol. The second kappa shape index (κ2) is 13.5. The Hall–Kier alpha value is -7.54. The minimum atomic E-state index is -0.434. The number of aryl methyl sites for hydroxylation is 1. The van der Waals surface area contributed by atoms with Crippen LogP contribution in [0.2, 0.25) is 0 Å². The maximum Gasteiger partial charge on any atom is 0.0713 e. The number of benzene rings is 11. The Morgan fingerprint density at radius 3 is 1.23 bits per heavy atom. The Bertz CT molecular complexity index is 3390. The number of fused-ring (bicyclic) bond motifs is 7. The van der Waals surface area contributed by atoms with Gasteiger partial charge >= 0.3 is 0 Å². The van der Waals surface area contributed by atoms with Gasteiger partial charge in [0.1, 0.15) is 0 Å². The maximum atomic E-state index is 2.47. The van der Waals surface area contributed by atoms with Crippen molar-refractivity contribution < 1.29 is 0 Å². The van der Waals surface area contributed by atoms with Crippen LogP contribution in [0, 0.1) is 6.92 Å². The van der Waals surface area contributed by atoms with Crippen LogP contribution in [0.3, 0.4) is 0 Å². The molecule has 1 aliphatic carbocycles. The van der Waals surface area contributed by atoms with Crippen LogP contribution in [0.5, 0.6) is 0 Å². The van der Waals surface area contributed by atoms with Crippen molar-refractivity contribution in [1.29, 1.82) is 0 Å². The van der Waals surface area contributed by atoms with E-state index in [1.165, 1.54) is 115 Å². The summed E-state index contributed by atoms with van der Waals surface area (Å²) in [4.78, 5) is 0. The van der Waals surface area contributed by atoms with Crippen LogP contribution in [-0.4, -0.2) is 0 Å². The van der Waals surface area contributed by atoms with Crippen LogP contribution in [0.4, 0.5) is 0 Å². The highest BCUT2D eigenvalue weighted by Crippen LogP contribution is 2.57. The van der Waals surface area contributed by atoms with Gasteiger partial charge < -0.3 is 0 Å². The van der Waals surface area contributed by atoms with Gasteiger partial charge in [0.15, 0.2) is 0 Å². The van der Waals surface area contributed by atoms with Crippen molar-refractivity contribution in [2.24, 2.45) is 0 Å². The first-order valence-corrected chi connectivity index (χ1v) is 21.0. The van der Waals surface area contributed by atoms with Crippen molar-refractivity contribution in [3.8, 4) is 44.5 Å². The summed E-state index contributed by atoms with van der Waals surface area (Å²) in [6.07, 6.45) is 0. The first kappa shape index (κ1) is 34.5. The molecule has 0 atom stereocenters. The molecule has 11 aromatic rings. The van der Waals surface area contributed by atoms with Crippen molar-refractivity contribution >= 4 is 43.1 Å². The Labute approximate surface area is 350 Å². The average Bonchev–Trinajstić information content (AvgIpc) is 3.60. The lowest BCUT2D eigenvalue weighted by Crippen LogP contribution is -2.28. The molecule has 0 aromatic heterocycles. The van der Waals surface area contributed by atoms with Gasteiger partial charge in [-0.15, -0.1) is 0 Å². The molecule has 0 saturated heterocycles. The lowest BCUT2D eigenvalue weighted by Gasteiger charge is -2.34. The van der Waals surface area contributed by atoms with Crippen LogP contribution >= 0.6 is 0 Å². The van der Waals surface area contributed by atoms with Crippen LogP contribution in [-0.2, 0) is 5.41 Å². The van der Waals surface area contributed by atoms with Gasteiger partial charge in [0.05, 0.1) is 5.41 Å². The highest BCUT2D eigenvalue weighted by Gasteiger charge is 2.46. The molecule has 0 heteroatoms. The van der Waals surface area contributed by atoms with Crippen LogP contribution < -0.4 is 0 Å². The molecule has 0 fully saturated rings. The van der Waals surface area contributed by atoms with Gasteiger partial charge in [-0.3, -0.25) is 0 Å². The zero-order valence-corrected chi connectivity index (χ0v) is 33.4. The van der Waals surface area contributed by atoms with Crippen molar-refractivity contribution in [2.75, 3.05) is 0 Å². The van der Waals surface area contributed by atoms with Crippen molar-refractivity contribution in [2.45, 2.75) is 12.3 Å². The maximum absolute atomic E-state index is 2.47. The molecule has 0 radical (unpaired) electrons. The smallest absolute Gasteiger partial charge is 0.0622 e. The average molecular weight is 761 g/mol. The molecule has 0 heterocycles. The molecular weight excluding hydrogens is 721 g/mol. The SMILES string of the molecule is Cc1ccc2c(c1)C(c1ccccc1)(c1ccccc1)c1cc(-c3ccc4cc(-c5c6ccccc6c(-c6ccc7ccccc7c6)c6ccccc56)ccc4c3)ccc1-2. The van der Waals surface area contributed by atoms with Gasteiger partial charge in [-0.2, -0.15) is 0 Å². The first-order valence-electron chi connectivity index (χ1n) is 21.0. The van der Waals surface area contributed by atoms with E-state index in [1.54, 1.807) is 0 Å². The molecule has 0 unspecified atom stereocenters. The Morgan fingerprint density at radius 2 is 0.667 bits per heavy atom. The summed E-state index contributed by atoms with van der Waals surface area (Å²) in [6, 6.07) is 83.8. The lowest BCUT2D eigenvalue weighted by molar-refractivity contribution is 0.768. The summed E-state index contributed by atoms with van der Waals surface area (Å²) < 4.78 is 0. The van der Waals surface area contributed by atoms with E-state index >= 15 is 0 Å². The van der Waals surface area contributed by atoms with Gasteiger partial charge in [0, 0.05) is 0 Å². The highest BCUT2D eigenvalue weighted by atomic mass is 14.5. The third-order valence-corrected chi connectivity index (χ3v) is 13.1. The van der Waals surface area contributed by atoms with E-state index in [0.29, 0.717) is 0 Å². The van der Waals surface area contributed by atoms with Gasteiger partial charge in [-0.25, -0.2) is 0 Å². The summed E-state index contributed by atoms with van der Waals surface area (Å²) in [5, 5.41) is 10.1. The number of hydrogen-bond donors (Lipinski definition) is 0. The lowest BCUT2D eigenvalue weighted by atomic mass is 9.67. The molecule has 0 saturated carbocycles. The fourth-order valence-corrected chi connectivity index (χ4v) is 10.5. The van der Waals surface area contributed by atoms with E-state index in [1.807, 2.05) is 0 Å². The van der Waals surface area contributed by atoms with E-state index in [0.717, 1.165) is 0 Å². The Kier molecular flexibility index (Phi) is 7.77. The number of rotatable bonds is 5. The second-order valence-electron chi connectivity index (χ2n) is 16.5. The molecule has 1 aliphatic rings. The summed E-state index contributed by atoms with van der Waals surface area (Å²) in [6.45, 7) is 2.21. The van der Waals surface area contributed by atoms with Gasteiger partial charge in [-0.1, -0.05) is 206 Å². The van der Waals surface area contributed by atoms with E-state index in [2.05, 4.69) is 231 Å². The minimum absolute atomic E-state index is 0.434. The molecule has 280 valence electrons. The molecule has 11 aromatic carbocycles. The summed E-state index contributed by atoms with van der Waals surface area (Å²) in [5.41, 5.74) is 16.2. The molecule has 0 spiro atoms. The largest absolute Gasteiger partial charge is 0.0713 e. The molecule has 0 amide bonds. The standard InChI is InChI=1S/C60H40/c1-39-24-32-50-51-33-31-45(38-57(51)60(56(50)34-39,48-16-4-2-5-17-48)49-18-6-3-7-19-49)43-26-27-44-37-47(30-28-42(44)35-43)59-54-22-12-10-20-52(54)58(53-21-11-13-23-55(53)59)46-29-25-40-14-8-9-15-41(40)36-46/h2-38H,1H3. The zero-order chi connectivity index (χ0) is 39.8. The molecule has 0 aliphatic heterocycles. The summed E-state index contributed by atoms with van der Waals surface area (Å²) >= 11 is 0. The highest BCUT2D eigenvalue weighted by molar-refractivity contribution is 6.22. The first-order chi connectivity index (χ1) is 29.6. The van der Waals surface area contributed by atoms with Crippen molar-refractivity contribution in [1.82, 2.24) is 0 Å². The third kappa shape index (κ3) is 5.17. The minimum Gasteiger partial charge on any atom is -0.0622 e. The van der Waals surface area contributed by atoms with E-state index in [9.17, 15) is 0 Å². The zero-order valence-electron chi connectivity index (χ0n) is 33.4. The van der Waals surface area contributed by atoms with Gasteiger partial charge in [0.2, 0.25) is 0 Å². The fraction of sp³-hybridized carbons (Fsp3) is 0.0333. The molecule has 12 rings (SSSR count). The van der Waals surface area contributed by atoms with Crippen molar-refractivity contribution in [3.63, 3.8) is 0 Å². The third-order valence-electron chi connectivity index (χ3n) is 13.1. The predicted molar refractivity (Wildman–Crippen MR) is 255 cm³/mol. The van der Waals surface area contributed by atoms with Gasteiger partial charge in [0.25, 0.3) is 0 Å². The van der Waals surface area contributed by atoms with Crippen LogP contribution in [0.1, 0.15) is 27.8 Å². The Balaban J connectivity index is 1.01. The van der Waals surface area contributed by atoms with E-state index in [-0.39, 0.29) is 0 Å². The van der Waals surface area contributed by atoms with Crippen molar-refractivity contribution in [3.05, 3.63) is 252 Å². The molecule has 0 nitrogen and oxygen atoms in total. The quantitative estimate of drug-likeness (QED) is 0.153. The molecular formula is C60H40. The normalized spacial score (nSPS) is 12.9. The molecule has 0 bridgehead atoms. The van der Waals surface area contributed by atoms with Crippen LogP contribution in [0.15, 0.2) is 224 Å². The van der Waals surface area contributed by atoms with Gasteiger partial charge in [-0.05, 0) is 141 Å². The van der Waals surface area contributed by atoms with E-state index < -0.39 is 5.41 Å². The predicted octanol–water partition coefficient (Wildman–Crippen LogP) is 16.0. The molecule has 0 N–H and O–H groups in total. The van der Waals surface area contributed by atoms with Crippen LogP contribution in [0.25, 0.3) is 87.6 Å². The topological polar surface area (TPSA) is 0 Å². The molecule has 60 heavy (non-hydrogen) atoms. The van der Waals surface area contributed by atoms with E-state index in [4.69, 9.17) is 0 Å². The summed E-state index contributed by atoms with van der Waals surface area (Å²) in [5.74, 6) is 0. The number of hydrogen-bond acceptors (Lipinski definition) is 0. The Morgan fingerprint density at radius 1 is 0.283 bits per heavy atom. The second-order valence-corrected chi connectivity index (χ2v) is 16.5. The fourth-order valence-electron chi connectivity index (χ4n) is 10.5.